The lowest BCUT2D eigenvalue weighted by molar-refractivity contribution is 0.0951. The summed E-state index contributed by atoms with van der Waals surface area (Å²) in [7, 11) is 0. The van der Waals surface area contributed by atoms with E-state index in [2.05, 4.69) is 5.32 Å². The van der Waals surface area contributed by atoms with Crippen LogP contribution in [0.4, 0.5) is 10.1 Å². The predicted octanol–water partition coefficient (Wildman–Crippen LogP) is 2.65. The van der Waals surface area contributed by atoms with Gasteiger partial charge in [0, 0.05) is 17.8 Å². The maximum Gasteiger partial charge on any atom is 0.251 e. The van der Waals surface area contributed by atoms with Crippen LogP contribution in [0.5, 0.6) is 0 Å². The quantitative estimate of drug-likeness (QED) is 0.831. The van der Waals surface area contributed by atoms with E-state index in [1.807, 2.05) is 6.92 Å². The van der Waals surface area contributed by atoms with Gasteiger partial charge in [0.25, 0.3) is 5.91 Å². The van der Waals surface area contributed by atoms with Gasteiger partial charge in [-0.05, 0) is 48.4 Å². The average molecular weight is 258 g/mol. The molecular formula is C15H15FN2O. The third-order valence-corrected chi connectivity index (χ3v) is 2.90. The minimum atomic E-state index is -0.288. The highest BCUT2D eigenvalue weighted by molar-refractivity contribution is 5.94. The Balaban J connectivity index is 2.01. The molecule has 0 aliphatic rings. The van der Waals surface area contributed by atoms with Crippen molar-refractivity contribution in [3.8, 4) is 0 Å². The van der Waals surface area contributed by atoms with E-state index in [-0.39, 0.29) is 11.7 Å². The van der Waals surface area contributed by atoms with Crippen molar-refractivity contribution in [2.24, 2.45) is 0 Å². The van der Waals surface area contributed by atoms with Gasteiger partial charge in [0.15, 0.2) is 0 Å². The van der Waals surface area contributed by atoms with Crippen LogP contribution in [0, 0.1) is 12.7 Å². The molecule has 4 heteroatoms. The van der Waals surface area contributed by atoms with E-state index < -0.39 is 0 Å². The zero-order valence-corrected chi connectivity index (χ0v) is 10.6. The van der Waals surface area contributed by atoms with Gasteiger partial charge >= 0.3 is 0 Å². The number of carbonyl (C=O) groups excluding carboxylic acids is 1. The third-order valence-electron chi connectivity index (χ3n) is 2.90. The number of nitrogens with two attached hydrogens (primary N) is 1. The molecule has 3 nitrogen and oxygen atoms in total. The molecule has 98 valence electrons. The second kappa shape index (κ2) is 5.52. The molecule has 0 radical (unpaired) electrons. The first-order chi connectivity index (χ1) is 9.06. The van der Waals surface area contributed by atoms with Gasteiger partial charge in [-0.15, -0.1) is 0 Å². The van der Waals surface area contributed by atoms with Gasteiger partial charge in [-0.2, -0.15) is 0 Å². The lowest BCUT2D eigenvalue weighted by Gasteiger charge is -2.07. The summed E-state index contributed by atoms with van der Waals surface area (Å²) in [6.07, 6.45) is 0. The Bertz CT molecular complexity index is 594. The van der Waals surface area contributed by atoms with Crippen LogP contribution >= 0.6 is 0 Å². The van der Waals surface area contributed by atoms with E-state index in [1.165, 1.54) is 12.1 Å². The van der Waals surface area contributed by atoms with Crippen molar-refractivity contribution in [1.29, 1.82) is 0 Å². The molecule has 0 atom stereocenters. The highest BCUT2D eigenvalue weighted by Gasteiger charge is 2.06. The molecule has 0 heterocycles. The summed E-state index contributed by atoms with van der Waals surface area (Å²) in [5, 5.41) is 2.78. The third kappa shape index (κ3) is 3.31. The van der Waals surface area contributed by atoms with Gasteiger partial charge in [-0.25, -0.2) is 4.39 Å². The maximum absolute atomic E-state index is 12.7. The molecule has 0 fully saturated rings. The number of benzene rings is 2. The number of nitrogens with one attached hydrogen (secondary N) is 1. The Morgan fingerprint density at radius 3 is 2.53 bits per heavy atom. The Hall–Kier alpha value is -2.36. The molecule has 0 aliphatic heterocycles. The number of amides is 1. The van der Waals surface area contributed by atoms with Crippen LogP contribution in [-0.2, 0) is 6.54 Å². The Morgan fingerprint density at radius 1 is 1.21 bits per heavy atom. The normalized spacial score (nSPS) is 10.2. The zero-order valence-electron chi connectivity index (χ0n) is 10.6. The largest absolute Gasteiger partial charge is 0.399 e. The summed E-state index contributed by atoms with van der Waals surface area (Å²) in [4.78, 5) is 11.9. The smallest absolute Gasteiger partial charge is 0.251 e. The average Bonchev–Trinajstić information content (AvgIpc) is 2.41. The van der Waals surface area contributed by atoms with Crippen molar-refractivity contribution < 1.29 is 9.18 Å². The van der Waals surface area contributed by atoms with Crippen molar-refractivity contribution in [2.75, 3.05) is 5.73 Å². The van der Waals surface area contributed by atoms with Crippen LogP contribution in [0.15, 0.2) is 42.5 Å². The molecule has 2 rings (SSSR count). The standard InChI is InChI=1S/C15H15FN2O/c1-10-8-12(4-7-14(10)17)15(19)18-9-11-2-5-13(16)6-3-11/h2-8H,9,17H2,1H3,(H,18,19). The van der Waals surface area contributed by atoms with Crippen molar-refractivity contribution in [3.63, 3.8) is 0 Å². The van der Waals surface area contributed by atoms with Crippen LogP contribution in [0.1, 0.15) is 21.5 Å². The summed E-state index contributed by atoms with van der Waals surface area (Å²) in [5.41, 5.74) is 8.65. The number of halogens is 1. The van der Waals surface area contributed by atoms with E-state index >= 15 is 0 Å². The maximum atomic E-state index is 12.7. The second-order valence-corrected chi connectivity index (χ2v) is 4.38. The summed E-state index contributed by atoms with van der Waals surface area (Å²) >= 11 is 0. The highest BCUT2D eigenvalue weighted by Crippen LogP contribution is 2.12. The van der Waals surface area contributed by atoms with Crippen molar-refractivity contribution in [2.45, 2.75) is 13.5 Å². The van der Waals surface area contributed by atoms with E-state index in [4.69, 9.17) is 5.73 Å². The summed E-state index contributed by atoms with van der Waals surface area (Å²) in [6.45, 7) is 2.22. The van der Waals surface area contributed by atoms with Crippen LogP contribution in [0.25, 0.3) is 0 Å². The highest BCUT2D eigenvalue weighted by atomic mass is 19.1. The first kappa shape index (κ1) is 13.1. The number of hydrogen-bond acceptors (Lipinski definition) is 2. The topological polar surface area (TPSA) is 55.1 Å². The molecule has 0 saturated carbocycles. The van der Waals surface area contributed by atoms with E-state index in [0.29, 0.717) is 17.8 Å². The first-order valence-electron chi connectivity index (χ1n) is 5.95. The summed E-state index contributed by atoms with van der Waals surface area (Å²) in [6, 6.07) is 11.2. The van der Waals surface area contributed by atoms with E-state index in [1.54, 1.807) is 30.3 Å². The van der Waals surface area contributed by atoms with Gasteiger partial charge in [0.05, 0.1) is 0 Å². The Labute approximate surface area is 111 Å². The monoisotopic (exact) mass is 258 g/mol. The molecule has 2 aromatic rings. The summed E-state index contributed by atoms with van der Waals surface area (Å²) < 4.78 is 12.7. The molecule has 0 spiro atoms. The second-order valence-electron chi connectivity index (χ2n) is 4.38. The number of hydrogen-bond donors (Lipinski definition) is 2. The zero-order chi connectivity index (χ0) is 13.8. The number of rotatable bonds is 3. The van der Waals surface area contributed by atoms with Gasteiger partial charge < -0.3 is 11.1 Å². The fourth-order valence-electron chi connectivity index (χ4n) is 1.70. The minimum absolute atomic E-state index is 0.174. The van der Waals surface area contributed by atoms with Crippen LogP contribution in [0.2, 0.25) is 0 Å². The lowest BCUT2D eigenvalue weighted by atomic mass is 10.1. The molecule has 0 aliphatic carbocycles. The van der Waals surface area contributed by atoms with Crippen LogP contribution in [0.3, 0.4) is 0 Å². The predicted molar refractivity (Wildman–Crippen MR) is 73.2 cm³/mol. The summed E-state index contributed by atoms with van der Waals surface area (Å²) in [5.74, 6) is -0.461. The van der Waals surface area contributed by atoms with Gasteiger partial charge in [0.2, 0.25) is 0 Å². The van der Waals surface area contributed by atoms with Gasteiger partial charge in [-0.3, -0.25) is 4.79 Å². The number of aryl methyl sites for hydroxylation is 1. The molecule has 3 N–H and O–H groups in total. The van der Waals surface area contributed by atoms with Crippen molar-refractivity contribution in [3.05, 3.63) is 65.0 Å². The molecular weight excluding hydrogens is 243 g/mol. The SMILES string of the molecule is Cc1cc(C(=O)NCc2ccc(F)cc2)ccc1N. The number of anilines is 1. The molecule has 1 amide bonds. The van der Waals surface area contributed by atoms with Crippen LogP contribution < -0.4 is 11.1 Å². The molecule has 19 heavy (non-hydrogen) atoms. The fraction of sp³-hybridized carbons (Fsp3) is 0.133. The number of nitrogen functional groups attached to an aromatic ring is 1. The van der Waals surface area contributed by atoms with E-state index in [9.17, 15) is 9.18 Å². The molecule has 0 aromatic heterocycles. The number of carbonyl (C=O) groups is 1. The first-order valence-corrected chi connectivity index (χ1v) is 5.95. The molecule has 0 unspecified atom stereocenters. The molecule has 0 saturated heterocycles. The minimum Gasteiger partial charge on any atom is -0.399 e. The van der Waals surface area contributed by atoms with Crippen molar-refractivity contribution in [1.82, 2.24) is 5.32 Å². The molecule has 0 bridgehead atoms. The molecule has 2 aromatic carbocycles. The lowest BCUT2D eigenvalue weighted by Crippen LogP contribution is -2.22. The Kier molecular flexibility index (Phi) is 3.80. The van der Waals surface area contributed by atoms with Crippen molar-refractivity contribution >= 4 is 11.6 Å². The Morgan fingerprint density at radius 2 is 1.89 bits per heavy atom. The van der Waals surface area contributed by atoms with Crippen LogP contribution in [-0.4, -0.2) is 5.91 Å². The van der Waals surface area contributed by atoms with Gasteiger partial charge in [-0.1, -0.05) is 12.1 Å². The van der Waals surface area contributed by atoms with Gasteiger partial charge in [0.1, 0.15) is 5.82 Å². The fourth-order valence-corrected chi connectivity index (χ4v) is 1.70. The van der Waals surface area contributed by atoms with E-state index in [0.717, 1.165) is 11.1 Å².